The number of rotatable bonds is 6. The van der Waals surface area contributed by atoms with Crippen LogP contribution in [0.5, 0.6) is 5.75 Å². The maximum absolute atomic E-state index is 12.1. The van der Waals surface area contributed by atoms with Gasteiger partial charge in [-0.25, -0.2) is 0 Å². The van der Waals surface area contributed by atoms with Crippen molar-refractivity contribution in [3.8, 4) is 5.75 Å². The number of thiocarbonyl (C=S) groups is 1. The monoisotopic (exact) mass is 370 g/mol. The van der Waals surface area contributed by atoms with Gasteiger partial charge in [0.25, 0.3) is 5.91 Å². The Bertz CT molecular complexity index is 789. The topological polar surface area (TPSA) is 50.4 Å². The van der Waals surface area contributed by atoms with Crippen molar-refractivity contribution in [3.63, 3.8) is 0 Å². The summed E-state index contributed by atoms with van der Waals surface area (Å²) >= 11 is 5.26. The number of ether oxygens (including phenoxy) is 1. The van der Waals surface area contributed by atoms with Crippen molar-refractivity contribution in [1.29, 1.82) is 0 Å². The summed E-state index contributed by atoms with van der Waals surface area (Å²) in [6, 6.07) is 13.7. The highest BCUT2D eigenvalue weighted by Crippen LogP contribution is 2.26. The molecule has 0 aliphatic carbocycles. The Morgan fingerprint density at radius 1 is 1.15 bits per heavy atom. The fourth-order valence-corrected chi connectivity index (χ4v) is 2.75. The third-order valence-electron chi connectivity index (χ3n) is 4.45. The molecule has 0 fully saturated rings. The Morgan fingerprint density at radius 2 is 1.88 bits per heavy atom. The molecule has 0 spiro atoms. The summed E-state index contributed by atoms with van der Waals surface area (Å²) in [5.74, 6) is 0.788. The number of aryl methyl sites for hydroxylation is 2. The second-order valence-electron chi connectivity index (χ2n) is 6.43. The molecule has 4 nitrogen and oxygen atoms in total. The first-order chi connectivity index (χ1) is 12.4. The largest absolute Gasteiger partial charge is 0.484 e. The summed E-state index contributed by atoms with van der Waals surface area (Å²) in [6.45, 7) is 8.27. The van der Waals surface area contributed by atoms with Crippen LogP contribution in [0.25, 0.3) is 0 Å². The molecule has 0 radical (unpaired) electrons. The van der Waals surface area contributed by atoms with Crippen LogP contribution < -0.4 is 15.4 Å². The molecular weight excluding hydrogens is 344 g/mol. The Balaban J connectivity index is 1.89. The average Bonchev–Trinajstić information content (AvgIpc) is 2.62. The molecule has 0 saturated carbocycles. The van der Waals surface area contributed by atoms with Gasteiger partial charge in [-0.1, -0.05) is 38.1 Å². The third kappa shape index (κ3) is 5.56. The molecule has 0 aliphatic rings. The molecule has 0 unspecified atom stereocenters. The quantitative estimate of drug-likeness (QED) is 0.723. The minimum atomic E-state index is -0.290. The van der Waals surface area contributed by atoms with Crippen molar-refractivity contribution in [2.45, 2.75) is 40.0 Å². The first-order valence-corrected chi connectivity index (χ1v) is 9.21. The summed E-state index contributed by atoms with van der Waals surface area (Å²) in [6.07, 6.45) is 1.03. The lowest BCUT2D eigenvalue weighted by Gasteiger charge is -2.17. The smallest absolute Gasteiger partial charge is 0.264 e. The number of anilines is 1. The maximum atomic E-state index is 12.1. The van der Waals surface area contributed by atoms with E-state index in [1.807, 2.05) is 50.2 Å². The van der Waals surface area contributed by atoms with Crippen LogP contribution in [0.3, 0.4) is 0 Å². The minimum Gasteiger partial charge on any atom is -0.484 e. The molecule has 0 saturated heterocycles. The number of amides is 1. The number of hydrogen-bond donors (Lipinski definition) is 2. The van der Waals surface area contributed by atoms with Crippen LogP contribution in [0.2, 0.25) is 0 Å². The number of nitrogens with one attached hydrogen (secondary N) is 2. The van der Waals surface area contributed by atoms with Crippen LogP contribution in [0.15, 0.2) is 42.5 Å². The fourth-order valence-electron chi connectivity index (χ4n) is 2.53. The van der Waals surface area contributed by atoms with Crippen molar-refractivity contribution in [3.05, 3.63) is 59.2 Å². The lowest BCUT2D eigenvalue weighted by atomic mass is 9.97. The van der Waals surface area contributed by atoms with Gasteiger partial charge in [0.1, 0.15) is 5.75 Å². The van der Waals surface area contributed by atoms with E-state index < -0.39 is 0 Å². The maximum Gasteiger partial charge on any atom is 0.264 e. The van der Waals surface area contributed by atoms with Crippen LogP contribution in [-0.2, 0) is 4.79 Å². The van der Waals surface area contributed by atoms with E-state index in [4.69, 9.17) is 17.0 Å². The van der Waals surface area contributed by atoms with Gasteiger partial charge in [-0.05, 0) is 73.3 Å². The first kappa shape index (κ1) is 19.9. The van der Waals surface area contributed by atoms with Crippen LogP contribution in [0.1, 0.15) is 42.9 Å². The van der Waals surface area contributed by atoms with Gasteiger partial charge in [-0.15, -0.1) is 0 Å². The molecule has 0 aliphatic heterocycles. The molecule has 0 bridgehead atoms. The predicted octanol–water partition coefficient (Wildman–Crippen LogP) is 4.71. The zero-order chi connectivity index (χ0) is 19.1. The van der Waals surface area contributed by atoms with Gasteiger partial charge in [0.05, 0.1) is 0 Å². The molecule has 2 aromatic carbocycles. The average molecular weight is 371 g/mol. The van der Waals surface area contributed by atoms with Crippen LogP contribution in [0, 0.1) is 13.8 Å². The molecule has 2 N–H and O–H groups in total. The number of carbonyl (C=O) groups is 1. The van der Waals surface area contributed by atoms with Crippen molar-refractivity contribution >= 4 is 28.9 Å². The van der Waals surface area contributed by atoms with E-state index in [-0.39, 0.29) is 17.6 Å². The zero-order valence-electron chi connectivity index (χ0n) is 15.8. The fraction of sp³-hybridized carbons (Fsp3) is 0.333. The molecular formula is C21H26N2O2S. The normalized spacial score (nSPS) is 11.5. The molecule has 26 heavy (non-hydrogen) atoms. The molecule has 138 valence electrons. The van der Waals surface area contributed by atoms with Gasteiger partial charge in [0.2, 0.25) is 0 Å². The molecule has 2 aromatic rings. The van der Waals surface area contributed by atoms with Crippen molar-refractivity contribution < 1.29 is 9.53 Å². The van der Waals surface area contributed by atoms with E-state index in [1.54, 1.807) is 0 Å². The second kappa shape index (κ2) is 9.34. The van der Waals surface area contributed by atoms with Crippen LogP contribution in [0.4, 0.5) is 5.69 Å². The molecule has 0 heterocycles. The Hall–Kier alpha value is -2.40. The summed E-state index contributed by atoms with van der Waals surface area (Å²) in [5, 5.41) is 6.05. The van der Waals surface area contributed by atoms with E-state index in [0.29, 0.717) is 11.7 Å². The number of para-hydroxylation sites is 1. The van der Waals surface area contributed by atoms with Gasteiger partial charge >= 0.3 is 0 Å². The van der Waals surface area contributed by atoms with Gasteiger partial charge in [0, 0.05) is 5.69 Å². The van der Waals surface area contributed by atoms with E-state index in [9.17, 15) is 4.79 Å². The van der Waals surface area contributed by atoms with Crippen LogP contribution >= 0.6 is 12.2 Å². The lowest BCUT2D eigenvalue weighted by molar-refractivity contribution is -0.121. The van der Waals surface area contributed by atoms with E-state index >= 15 is 0 Å². The highest BCUT2D eigenvalue weighted by atomic mass is 32.1. The molecule has 2 rings (SSSR count). The van der Waals surface area contributed by atoms with Crippen molar-refractivity contribution in [1.82, 2.24) is 5.32 Å². The van der Waals surface area contributed by atoms with Crippen molar-refractivity contribution in [2.24, 2.45) is 0 Å². The standard InChI is InChI=1S/C21H26N2O2S/c1-5-14(2)18-8-6-7-9-19(18)22-21(26)23-20(24)13-25-17-11-10-15(3)16(4)12-17/h6-12,14H,5,13H2,1-4H3,(H2,22,23,24,26)/t14-/m1/s1. The van der Waals surface area contributed by atoms with E-state index in [1.165, 1.54) is 11.1 Å². The second-order valence-corrected chi connectivity index (χ2v) is 6.84. The van der Waals surface area contributed by atoms with Gasteiger partial charge < -0.3 is 10.1 Å². The number of benzene rings is 2. The highest BCUT2D eigenvalue weighted by Gasteiger charge is 2.11. The number of carbonyl (C=O) groups excluding carboxylic acids is 1. The summed E-state index contributed by atoms with van der Waals surface area (Å²) in [7, 11) is 0. The first-order valence-electron chi connectivity index (χ1n) is 8.80. The Kier molecular flexibility index (Phi) is 7.16. The van der Waals surface area contributed by atoms with E-state index in [2.05, 4.69) is 30.5 Å². The van der Waals surface area contributed by atoms with Gasteiger partial charge in [-0.2, -0.15) is 0 Å². The number of hydrogen-bond acceptors (Lipinski definition) is 3. The van der Waals surface area contributed by atoms with E-state index in [0.717, 1.165) is 17.7 Å². The molecule has 1 atom stereocenters. The van der Waals surface area contributed by atoms with Gasteiger partial charge in [0.15, 0.2) is 11.7 Å². The minimum absolute atomic E-state index is 0.0860. The summed E-state index contributed by atoms with van der Waals surface area (Å²) < 4.78 is 5.53. The SMILES string of the molecule is CC[C@@H](C)c1ccccc1NC(=S)NC(=O)COc1ccc(C)c(C)c1. The summed E-state index contributed by atoms with van der Waals surface area (Å²) in [5.41, 5.74) is 4.41. The van der Waals surface area contributed by atoms with Crippen molar-refractivity contribution in [2.75, 3.05) is 11.9 Å². The molecule has 5 heteroatoms. The van der Waals surface area contributed by atoms with Crippen LogP contribution in [-0.4, -0.2) is 17.6 Å². The molecule has 1 amide bonds. The predicted molar refractivity (Wildman–Crippen MR) is 111 cm³/mol. The Morgan fingerprint density at radius 3 is 2.58 bits per heavy atom. The Labute approximate surface area is 161 Å². The molecule has 0 aromatic heterocycles. The summed E-state index contributed by atoms with van der Waals surface area (Å²) in [4.78, 5) is 12.1. The zero-order valence-corrected chi connectivity index (χ0v) is 16.6. The third-order valence-corrected chi connectivity index (χ3v) is 4.66. The lowest BCUT2D eigenvalue weighted by Crippen LogP contribution is -2.37. The van der Waals surface area contributed by atoms with Gasteiger partial charge in [-0.3, -0.25) is 10.1 Å². The highest BCUT2D eigenvalue weighted by molar-refractivity contribution is 7.80.